The van der Waals surface area contributed by atoms with Crippen LogP contribution in [-0.4, -0.2) is 60.4 Å². The maximum absolute atomic E-state index is 14.7. The monoisotopic (exact) mass is 523 g/mol. The van der Waals surface area contributed by atoms with Gasteiger partial charge in [-0.15, -0.1) is 0 Å². The number of halogens is 6. The Morgan fingerprint density at radius 1 is 1.31 bits per heavy atom. The largest absolute Gasteiger partial charge is 0.470 e. The molecule has 15 heteroatoms. The molecule has 2 heterocycles. The molecule has 0 spiro atoms. The number of hydrogen-bond acceptors (Lipinski definition) is 7. The van der Waals surface area contributed by atoms with Gasteiger partial charge >= 0.3 is 12.3 Å². The molecule has 2 aromatic rings. The number of ether oxygens (including phenoxy) is 1. The average Bonchev–Trinajstić information content (AvgIpc) is 2.77. The third kappa shape index (κ3) is 5.66. The fraction of sp³-hybridized carbons (Fsp3) is 0.350. The van der Waals surface area contributed by atoms with Crippen LogP contribution >= 0.6 is 0 Å². The van der Waals surface area contributed by atoms with Crippen molar-refractivity contribution in [2.24, 2.45) is 10.7 Å². The summed E-state index contributed by atoms with van der Waals surface area (Å²) in [6.07, 6.45) is -1.41. The van der Waals surface area contributed by atoms with Gasteiger partial charge in [0.25, 0.3) is 0 Å². The van der Waals surface area contributed by atoms with E-state index in [4.69, 9.17) is 5.73 Å². The van der Waals surface area contributed by atoms with Crippen molar-refractivity contribution < 1.29 is 39.5 Å². The van der Waals surface area contributed by atoms with Crippen molar-refractivity contribution in [1.82, 2.24) is 14.3 Å². The van der Waals surface area contributed by atoms with Gasteiger partial charge in [0.1, 0.15) is 17.1 Å². The van der Waals surface area contributed by atoms with Crippen LogP contribution in [0.4, 0.5) is 26.3 Å². The quantitative estimate of drug-likeness (QED) is 0.559. The molecule has 1 atom stereocenters. The van der Waals surface area contributed by atoms with Gasteiger partial charge in [0.2, 0.25) is 21.9 Å². The van der Waals surface area contributed by atoms with E-state index in [2.05, 4.69) is 19.7 Å². The molecule has 8 nitrogen and oxygen atoms in total. The predicted octanol–water partition coefficient (Wildman–Crippen LogP) is 3.17. The minimum Gasteiger partial charge on any atom is -0.470 e. The van der Waals surface area contributed by atoms with Gasteiger partial charge in [-0.3, -0.25) is 0 Å². The number of sulfonamides is 1. The van der Waals surface area contributed by atoms with E-state index < -0.39 is 57.8 Å². The Morgan fingerprint density at radius 3 is 2.57 bits per heavy atom. The number of rotatable bonds is 7. The van der Waals surface area contributed by atoms with E-state index in [1.165, 1.54) is 26.1 Å². The summed E-state index contributed by atoms with van der Waals surface area (Å²) in [4.78, 5) is 11.3. The lowest BCUT2D eigenvalue weighted by Gasteiger charge is -2.34. The van der Waals surface area contributed by atoms with Crippen molar-refractivity contribution in [3.63, 3.8) is 0 Å². The SMILES string of the molecule is CN1C(N)=NC(C)(c2cc(C=C(F)c3cnc(OCC(F)(F)C(F)F)cn3)ccc2F)CS1(=O)=O. The van der Waals surface area contributed by atoms with E-state index in [1.807, 2.05) is 0 Å². The molecule has 0 saturated carbocycles. The molecular weight excluding hydrogens is 504 g/mol. The third-order valence-electron chi connectivity index (χ3n) is 5.03. The van der Waals surface area contributed by atoms with E-state index in [1.54, 1.807) is 0 Å². The van der Waals surface area contributed by atoms with Crippen LogP contribution in [0.15, 0.2) is 35.6 Å². The predicted molar refractivity (Wildman–Crippen MR) is 114 cm³/mol. The summed E-state index contributed by atoms with van der Waals surface area (Å²) in [5.41, 5.74) is 3.71. The number of alkyl halides is 4. The van der Waals surface area contributed by atoms with Crippen LogP contribution in [0, 0.1) is 5.82 Å². The van der Waals surface area contributed by atoms with E-state index in [0.29, 0.717) is 0 Å². The number of aliphatic imine (C=N–C) groups is 1. The van der Waals surface area contributed by atoms with Crippen LogP contribution in [0.5, 0.6) is 5.88 Å². The Hall–Kier alpha value is -3.36. The number of guanidine groups is 1. The first-order valence-electron chi connectivity index (χ1n) is 9.75. The van der Waals surface area contributed by atoms with Gasteiger partial charge in [-0.25, -0.2) is 45.2 Å². The molecule has 190 valence electrons. The Morgan fingerprint density at radius 2 is 2.00 bits per heavy atom. The Balaban J connectivity index is 1.85. The lowest BCUT2D eigenvalue weighted by molar-refractivity contribution is -0.148. The molecular formula is C20H19F6N5O3S. The van der Waals surface area contributed by atoms with Gasteiger partial charge in [-0.05, 0) is 30.7 Å². The van der Waals surface area contributed by atoms with E-state index in [9.17, 15) is 34.8 Å². The minimum atomic E-state index is -4.40. The summed E-state index contributed by atoms with van der Waals surface area (Å²) < 4.78 is 109. The second-order valence-electron chi connectivity index (χ2n) is 7.79. The van der Waals surface area contributed by atoms with E-state index >= 15 is 0 Å². The van der Waals surface area contributed by atoms with Gasteiger partial charge in [0, 0.05) is 12.6 Å². The highest BCUT2D eigenvalue weighted by molar-refractivity contribution is 7.89. The average molecular weight is 523 g/mol. The molecule has 0 fully saturated rings. The van der Waals surface area contributed by atoms with Crippen LogP contribution in [0.2, 0.25) is 0 Å². The highest BCUT2D eigenvalue weighted by Gasteiger charge is 2.42. The van der Waals surface area contributed by atoms with Gasteiger partial charge in [-0.1, -0.05) is 6.07 Å². The summed E-state index contributed by atoms with van der Waals surface area (Å²) in [5, 5.41) is 0. The standard InChI is InChI=1S/C20H19F6N5O3S/c1-19(10-35(32,33)31(2)18(27)30-19)12-5-11(3-4-13(12)21)6-14(22)15-7-29-16(8-28-15)34-9-20(25,26)17(23)24/h3-8,17H,9-10H2,1-2H3,(H2,27,30). The molecule has 3 rings (SSSR count). The molecule has 0 saturated heterocycles. The molecule has 1 unspecified atom stereocenters. The van der Waals surface area contributed by atoms with Crippen molar-refractivity contribution in [2.45, 2.75) is 24.8 Å². The fourth-order valence-corrected chi connectivity index (χ4v) is 4.55. The summed E-state index contributed by atoms with van der Waals surface area (Å²) in [7, 11) is -2.67. The van der Waals surface area contributed by atoms with E-state index in [-0.39, 0.29) is 22.8 Å². The highest BCUT2D eigenvalue weighted by Crippen LogP contribution is 2.34. The molecule has 1 aromatic heterocycles. The zero-order valence-corrected chi connectivity index (χ0v) is 19.0. The molecule has 1 aliphatic heterocycles. The molecule has 1 aliphatic rings. The molecule has 35 heavy (non-hydrogen) atoms. The number of nitrogens with two attached hydrogens (primary N) is 1. The zero-order chi connectivity index (χ0) is 26.2. The summed E-state index contributed by atoms with van der Waals surface area (Å²) in [5.74, 6) is -7.61. The summed E-state index contributed by atoms with van der Waals surface area (Å²) in [6.45, 7) is -0.277. The minimum absolute atomic E-state index is 0.115. The van der Waals surface area contributed by atoms with Gasteiger partial charge in [0.15, 0.2) is 12.4 Å². The van der Waals surface area contributed by atoms with E-state index in [0.717, 1.165) is 28.8 Å². The molecule has 0 radical (unpaired) electrons. The van der Waals surface area contributed by atoms with Crippen molar-refractivity contribution >= 4 is 27.9 Å². The Labute approximate surface area is 196 Å². The van der Waals surface area contributed by atoms with Crippen molar-refractivity contribution in [2.75, 3.05) is 19.4 Å². The second kappa shape index (κ2) is 9.36. The normalized spacial score (nSPS) is 20.7. The zero-order valence-electron chi connectivity index (χ0n) is 18.2. The Bertz CT molecular complexity index is 1270. The number of nitrogens with zero attached hydrogens (tertiary/aromatic N) is 4. The van der Waals surface area contributed by atoms with Crippen molar-refractivity contribution in [3.8, 4) is 5.88 Å². The van der Waals surface area contributed by atoms with Crippen LogP contribution < -0.4 is 10.5 Å². The summed E-state index contributed by atoms with van der Waals surface area (Å²) in [6, 6.07) is 3.42. The smallest absolute Gasteiger partial charge is 0.340 e. The third-order valence-corrected chi connectivity index (χ3v) is 6.98. The lowest BCUT2D eigenvalue weighted by Crippen LogP contribution is -2.50. The van der Waals surface area contributed by atoms with Crippen molar-refractivity contribution in [3.05, 3.63) is 53.2 Å². The maximum Gasteiger partial charge on any atom is 0.340 e. The van der Waals surface area contributed by atoms with Crippen LogP contribution in [0.25, 0.3) is 11.9 Å². The molecule has 0 amide bonds. The first kappa shape index (κ1) is 26.2. The van der Waals surface area contributed by atoms with Gasteiger partial charge in [0.05, 0.1) is 18.1 Å². The first-order valence-corrected chi connectivity index (χ1v) is 11.4. The van der Waals surface area contributed by atoms with Crippen LogP contribution in [-0.2, 0) is 15.6 Å². The topological polar surface area (TPSA) is 111 Å². The maximum atomic E-state index is 14.7. The number of aromatic nitrogens is 2. The van der Waals surface area contributed by atoms with Gasteiger partial charge in [-0.2, -0.15) is 8.78 Å². The molecule has 0 bridgehead atoms. The second-order valence-corrected chi connectivity index (χ2v) is 9.79. The van der Waals surface area contributed by atoms with Crippen molar-refractivity contribution in [1.29, 1.82) is 0 Å². The first-order chi connectivity index (χ1) is 16.1. The fourth-order valence-electron chi connectivity index (χ4n) is 3.10. The molecule has 0 aliphatic carbocycles. The molecule has 2 N–H and O–H groups in total. The van der Waals surface area contributed by atoms with Crippen LogP contribution in [0.3, 0.4) is 0 Å². The Kier molecular flexibility index (Phi) is 7.02. The van der Waals surface area contributed by atoms with Gasteiger partial charge < -0.3 is 10.5 Å². The number of benzene rings is 1. The van der Waals surface area contributed by atoms with Crippen LogP contribution in [0.1, 0.15) is 23.7 Å². The summed E-state index contributed by atoms with van der Waals surface area (Å²) >= 11 is 0. The lowest BCUT2D eigenvalue weighted by atomic mass is 9.92. The molecule has 1 aromatic carbocycles. The highest BCUT2D eigenvalue weighted by atomic mass is 32.2. The number of hydrogen-bond donors (Lipinski definition) is 1.